The molecule has 0 atom stereocenters. The fourth-order valence-corrected chi connectivity index (χ4v) is 31.0. The van der Waals surface area contributed by atoms with Crippen LogP contribution in [0.5, 0.6) is 0 Å². The molecule has 23 aliphatic carbocycles. The largest absolute Gasteiger partial charge is 0.238 e. The quantitative estimate of drug-likeness (QED) is 0.0709. The predicted octanol–water partition coefficient (Wildman–Crippen LogP) is 22.7. The monoisotopic (exact) mass is 1520 g/mol. The molecule has 20 fully saturated rings. The van der Waals surface area contributed by atoms with Crippen molar-refractivity contribution in [3.8, 4) is 114 Å². The van der Waals surface area contributed by atoms with Crippen LogP contribution in [0.25, 0.3) is 101 Å². The summed E-state index contributed by atoms with van der Waals surface area (Å²) in [5, 5.41) is 44.9. The van der Waals surface area contributed by atoms with Gasteiger partial charge >= 0.3 is 0 Å². The van der Waals surface area contributed by atoms with E-state index in [-0.39, 0.29) is 42.5 Å². The number of rotatable bonds is 5. The lowest BCUT2D eigenvalue weighted by Crippen LogP contribution is -2.52. The molecule has 0 N–H and O–H groups in total. The van der Waals surface area contributed by atoms with Gasteiger partial charge in [-0.2, -0.15) is 0 Å². The van der Waals surface area contributed by atoms with E-state index >= 15 is 0 Å². The van der Waals surface area contributed by atoms with E-state index in [1.54, 1.807) is 0 Å². The first-order valence-corrected chi connectivity index (χ1v) is 44.0. The second-order valence-electron chi connectivity index (χ2n) is 40.5. The topological polar surface area (TPSA) is 172 Å². The average molecular weight is 1520 g/mol. The van der Waals surface area contributed by atoms with Crippen LogP contribution in [0.1, 0.15) is 230 Å². The SMILES string of the molecule is C.C.C1#Cc2ccccc2C#Cc2ccccc21.[N-]=[N+]=NC12CC3CC(CC(C3)C1)C2.c1ccc2c(c1)-c1nnn(C34CC5CC(CC(C5)C3)C4)c1-c1ccccc1-c1c-2nnn1C12CC3CC(CC(C3)C1)C2.c1ccc2c(c1)-c1nnn(C34CC5CC(CC(C5)C3)C4)c1-c1ccccc1-c1nnn(C34CC5CC(CC(C5)C3)C4)c1-2. The third kappa shape index (κ3) is 11.1. The second-order valence-corrected chi connectivity index (χ2v) is 40.5. The number of hydrogen-bond donors (Lipinski definition) is 0. The number of aromatic nitrogens is 12. The first-order valence-electron chi connectivity index (χ1n) is 44.0. The molecule has 582 valence electrons. The summed E-state index contributed by atoms with van der Waals surface area (Å²) in [6.07, 6.45) is 40.0. The van der Waals surface area contributed by atoms with Crippen molar-refractivity contribution in [2.24, 2.45) is 93.9 Å². The maximum Gasteiger partial charge on any atom is 0.121 e. The molecule has 0 spiro atoms. The summed E-state index contributed by atoms with van der Waals surface area (Å²) >= 11 is 0. The van der Waals surface area contributed by atoms with Crippen molar-refractivity contribution in [1.82, 2.24) is 60.0 Å². The van der Waals surface area contributed by atoms with Gasteiger partial charge in [0.25, 0.3) is 0 Å². The molecule has 15 nitrogen and oxygen atoms in total. The summed E-state index contributed by atoms with van der Waals surface area (Å²) in [5.41, 5.74) is 31.7. The van der Waals surface area contributed by atoms with Crippen LogP contribution in [-0.4, -0.2) is 65.5 Å². The van der Waals surface area contributed by atoms with Gasteiger partial charge in [0.15, 0.2) is 0 Å². The van der Waals surface area contributed by atoms with Crippen LogP contribution in [0.15, 0.2) is 151 Å². The Hall–Kier alpha value is -9.69. The minimum Gasteiger partial charge on any atom is -0.238 e. The summed E-state index contributed by atoms with van der Waals surface area (Å²) in [5.74, 6) is 25.5. The molecule has 4 aromatic heterocycles. The molecular weight excluding hydrogens is 1410 g/mol. The van der Waals surface area contributed by atoms with Crippen LogP contribution < -0.4 is 0 Å². The molecule has 0 amide bonds. The van der Waals surface area contributed by atoms with Gasteiger partial charge in [-0.15, -0.1) is 20.4 Å². The minimum atomic E-state index is 0. The highest BCUT2D eigenvalue weighted by Gasteiger charge is 2.59. The van der Waals surface area contributed by atoms with Crippen LogP contribution >= 0.6 is 0 Å². The zero-order valence-electron chi connectivity index (χ0n) is 64.9. The Morgan fingerprint density at radius 2 is 0.435 bits per heavy atom. The molecule has 20 saturated carbocycles. The standard InChI is InChI=1S/2C36H38N6.C16H8.C10H15N3.2CH4/c1-3-7-29-27(5-1)31-34(42(39-37-31)36-18-24-12-25(19-36)14-26(13-24)20-36)30-8-4-2-6-28(30)32-33(29)41(40-38-32)35-15-21-9-22(16-35)11-23(10-21)17-35;1-2-6-28-27(5-1)31-33(41(39-37-31)35-15-21-9-22(16-35)11-23(10-21)17-35)29-7-3-4-8-30(29)34-32(28)38-40-42(34)36-18-24-12-25(19-36)14-26(13-24)20-36;1-2-6-14-11-12-16-8-4-3-7-15(16)10-9-13(14)5-1;11-13-12-10-4-7-1-8(5-10)3-9(2-7)6-10;;/h2*1-8,21-26H,9-20H2;1-8H;7-9H,1-6H2;2*1H4. The summed E-state index contributed by atoms with van der Waals surface area (Å²) in [6, 6.07) is 51.8. The van der Waals surface area contributed by atoms with Crippen molar-refractivity contribution < 1.29 is 0 Å². The third-order valence-electron chi connectivity index (χ3n) is 33.0. The molecule has 0 radical (unpaired) electrons. The summed E-state index contributed by atoms with van der Waals surface area (Å²) in [6.45, 7) is 0. The van der Waals surface area contributed by atoms with Crippen molar-refractivity contribution in [1.29, 1.82) is 0 Å². The smallest absolute Gasteiger partial charge is 0.121 e. The first-order chi connectivity index (χ1) is 55.5. The molecule has 33 rings (SSSR count). The number of benzene rings is 6. The Balaban J connectivity index is 0.000000100. The highest BCUT2D eigenvalue weighted by Crippen LogP contribution is 2.66. The second kappa shape index (κ2) is 26.4. The summed E-state index contributed by atoms with van der Waals surface area (Å²) in [4.78, 5) is 3.05. The molecular formula is C100H107N15. The van der Waals surface area contributed by atoms with Gasteiger partial charge in [-0.05, 0) is 311 Å². The van der Waals surface area contributed by atoms with Crippen LogP contribution in [0.3, 0.4) is 0 Å². The van der Waals surface area contributed by atoms with Gasteiger partial charge in [-0.1, -0.05) is 186 Å². The molecule has 0 unspecified atom stereocenters. The number of fused-ring (bicyclic) bond motifs is 18. The van der Waals surface area contributed by atoms with Gasteiger partial charge in [0.2, 0.25) is 0 Å². The lowest BCUT2D eigenvalue weighted by molar-refractivity contribution is -0.0496. The van der Waals surface area contributed by atoms with E-state index in [4.69, 9.17) is 46.8 Å². The Labute approximate surface area is 677 Å². The van der Waals surface area contributed by atoms with E-state index in [2.05, 4.69) is 149 Å². The fourth-order valence-electron chi connectivity index (χ4n) is 31.0. The molecule has 15 heteroatoms. The van der Waals surface area contributed by atoms with E-state index in [0.29, 0.717) is 0 Å². The van der Waals surface area contributed by atoms with Gasteiger partial charge in [-0.3, -0.25) is 0 Å². The Bertz CT molecular complexity index is 5210. The number of hydrogen-bond acceptors (Lipinski definition) is 9. The van der Waals surface area contributed by atoms with E-state index in [9.17, 15) is 0 Å². The highest BCUT2D eigenvalue weighted by atomic mass is 15.5. The molecule has 0 aliphatic heterocycles. The molecule has 23 aliphatic rings. The van der Waals surface area contributed by atoms with Crippen molar-refractivity contribution in [3.05, 3.63) is 178 Å². The van der Waals surface area contributed by atoms with Gasteiger partial charge in [0, 0.05) is 77.2 Å². The molecule has 20 bridgehead atoms. The van der Waals surface area contributed by atoms with Gasteiger partial charge < -0.3 is 0 Å². The van der Waals surface area contributed by atoms with Crippen LogP contribution in [-0.2, 0) is 22.2 Å². The maximum absolute atomic E-state index is 8.58. The van der Waals surface area contributed by atoms with Gasteiger partial charge in [0.05, 0.1) is 44.9 Å². The van der Waals surface area contributed by atoms with Crippen LogP contribution in [0.4, 0.5) is 0 Å². The van der Waals surface area contributed by atoms with Gasteiger partial charge in [-0.25, -0.2) is 18.7 Å². The number of azide groups is 1. The Kier molecular flexibility index (Phi) is 16.2. The molecule has 0 saturated heterocycles. The fraction of sp³-hybridized carbons (Fsp3) is 0.520. The van der Waals surface area contributed by atoms with Gasteiger partial charge in [0.1, 0.15) is 22.8 Å². The Morgan fingerprint density at radius 1 is 0.261 bits per heavy atom. The molecule has 10 aromatic rings. The van der Waals surface area contributed by atoms with Crippen molar-refractivity contribution >= 4 is 0 Å². The lowest BCUT2D eigenvalue weighted by Gasteiger charge is -2.57. The zero-order valence-corrected chi connectivity index (χ0v) is 64.9. The highest BCUT2D eigenvalue weighted by molar-refractivity contribution is 6.01. The Morgan fingerprint density at radius 3 is 0.643 bits per heavy atom. The summed E-state index contributed by atoms with van der Waals surface area (Å²) < 4.78 is 9.76. The van der Waals surface area contributed by atoms with Crippen molar-refractivity contribution in [2.45, 2.75) is 235 Å². The molecule has 115 heavy (non-hydrogen) atoms. The maximum atomic E-state index is 8.58. The van der Waals surface area contributed by atoms with Crippen LogP contribution in [0.2, 0.25) is 0 Å². The zero-order chi connectivity index (χ0) is 74.1. The summed E-state index contributed by atoms with van der Waals surface area (Å²) in [7, 11) is 0. The molecule has 6 aromatic carbocycles. The van der Waals surface area contributed by atoms with Crippen molar-refractivity contribution in [2.75, 3.05) is 0 Å². The number of nitrogens with zero attached hydrogens (tertiary/aromatic N) is 15. The van der Waals surface area contributed by atoms with E-state index in [0.717, 1.165) is 145 Å². The van der Waals surface area contributed by atoms with E-state index in [1.165, 1.54) is 249 Å². The first kappa shape index (κ1) is 70.7. The van der Waals surface area contributed by atoms with Crippen molar-refractivity contribution in [3.63, 3.8) is 0 Å². The van der Waals surface area contributed by atoms with Crippen LogP contribution in [0, 0.1) is 112 Å². The average Bonchev–Trinajstić information content (AvgIpc) is 1.58. The van der Waals surface area contributed by atoms with E-state index < -0.39 is 0 Å². The minimum absolute atomic E-state index is 0. The third-order valence-corrected chi connectivity index (χ3v) is 33.0. The lowest BCUT2D eigenvalue weighted by atomic mass is 9.53. The molecule has 4 heterocycles. The predicted molar refractivity (Wildman–Crippen MR) is 451 cm³/mol. The van der Waals surface area contributed by atoms with E-state index in [1.807, 2.05) is 48.5 Å². The normalized spacial score (nSPS) is 35.1.